The third-order valence-corrected chi connectivity index (χ3v) is 3.33. The molecule has 7 heteroatoms. The van der Waals surface area contributed by atoms with Gasteiger partial charge in [-0.3, -0.25) is 9.59 Å². The number of ether oxygens (including phenoxy) is 1. The number of rotatable bonds is 3. The standard InChI is InChI=1S/C13H23N3O4/c1-4-14(5-2)11(17)12(18)15-7-9-16(10-8-15)13(19)20-6-3/h4-10H2,1-3H3. The first-order valence-electron chi connectivity index (χ1n) is 7.04. The minimum atomic E-state index is -0.489. The first-order valence-corrected chi connectivity index (χ1v) is 7.04. The molecular formula is C13H23N3O4. The lowest BCUT2D eigenvalue weighted by Gasteiger charge is -2.34. The molecule has 0 aromatic carbocycles. The summed E-state index contributed by atoms with van der Waals surface area (Å²) < 4.78 is 4.91. The van der Waals surface area contributed by atoms with Crippen LogP contribution in [0.15, 0.2) is 0 Å². The Hall–Kier alpha value is -1.79. The van der Waals surface area contributed by atoms with Gasteiger partial charge in [-0.15, -0.1) is 0 Å². The van der Waals surface area contributed by atoms with Gasteiger partial charge in [-0.25, -0.2) is 4.79 Å². The summed E-state index contributed by atoms with van der Waals surface area (Å²) in [5.41, 5.74) is 0. The molecule has 0 atom stereocenters. The molecule has 0 unspecified atom stereocenters. The number of nitrogens with zero attached hydrogens (tertiary/aromatic N) is 3. The molecule has 0 aliphatic carbocycles. The van der Waals surface area contributed by atoms with E-state index in [1.165, 1.54) is 9.80 Å². The zero-order valence-electron chi connectivity index (χ0n) is 12.4. The average molecular weight is 285 g/mol. The van der Waals surface area contributed by atoms with Crippen molar-refractivity contribution in [2.45, 2.75) is 20.8 Å². The van der Waals surface area contributed by atoms with E-state index >= 15 is 0 Å². The van der Waals surface area contributed by atoms with Gasteiger partial charge in [0.2, 0.25) is 0 Å². The van der Waals surface area contributed by atoms with Gasteiger partial charge in [0.05, 0.1) is 6.61 Å². The first kappa shape index (κ1) is 16.3. The molecule has 1 heterocycles. The van der Waals surface area contributed by atoms with Crippen LogP contribution in [0.5, 0.6) is 0 Å². The average Bonchev–Trinajstić information content (AvgIpc) is 2.48. The Morgan fingerprint density at radius 1 is 0.950 bits per heavy atom. The van der Waals surface area contributed by atoms with E-state index in [2.05, 4.69) is 0 Å². The van der Waals surface area contributed by atoms with Crippen LogP contribution in [-0.2, 0) is 14.3 Å². The summed E-state index contributed by atoms with van der Waals surface area (Å²) in [6.45, 7) is 8.33. The highest BCUT2D eigenvalue weighted by atomic mass is 16.6. The Balaban J connectivity index is 2.50. The van der Waals surface area contributed by atoms with E-state index in [0.717, 1.165) is 0 Å². The van der Waals surface area contributed by atoms with Crippen LogP contribution in [0.2, 0.25) is 0 Å². The molecule has 0 aromatic rings. The minimum absolute atomic E-state index is 0.332. The number of piperazine rings is 1. The Morgan fingerprint density at radius 3 is 1.90 bits per heavy atom. The van der Waals surface area contributed by atoms with Crippen LogP contribution in [-0.4, -0.2) is 78.5 Å². The van der Waals surface area contributed by atoms with Gasteiger partial charge in [0.25, 0.3) is 0 Å². The maximum atomic E-state index is 12.1. The van der Waals surface area contributed by atoms with Crippen LogP contribution in [0.1, 0.15) is 20.8 Å². The van der Waals surface area contributed by atoms with Crippen molar-refractivity contribution in [2.24, 2.45) is 0 Å². The first-order chi connectivity index (χ1) is 9.54. The van der Waals surface area contributed by atoms with Gasteiger partial charge in [-0.2, -0.15) is 0 Å². The van der Waals surface area contributed by atoms with E-state index in [9.17, 15) is 14.4 Å². The molecule has 1 aliphatic rings. The Morgan fingerprint density at radius 2 is 1.45 bits per heavy atom. The molecule has 3 amide bonds. The zero-order valence-corrected chi connectivity index (χ0v) is 12.4. The summed E-state index contributed by atoms with van der Waals surface area (Å²) in [5.74, 6) is -0.961. The van der Waals surface area contributed by atoms with Crippen molar-refractivity contribution >= 4 is 17.9 Å². The Kier molecular flexibility index (Phi) is 6.27. The number of hydrogen-bond donors (Lipinski definition) is 0. The normalized spacial score (nSPS) is 14.9. The molecule has 0 saturated carbocycles. The van der Waals surface area contributed by atoms with Gasteiger partial charge >= 0.3 is 17.9 Å². The summed E-state index contributed by atoms with van der Waals surface area (Å²) in [6.07, 6.45) is -0.366. The highest BCUT2D eigenvalue weighted by Crippen LogP contribution is 2.05. The molecule has 7 nitrogen and oxygen atoms in total. The van der Waals surface area contributed by atoms with Crippen molar-refractivity contribution in [3.63, 3.8) is 0 Å². The summed E-state index contributed by atoms with van der Waals surface area (Å²) in [6, 6.07) is 0. The van der Waals surface area contributed by atoms with E-state index in [4.69, 9.17) is 4.74 Å². The van der Waals surface area contributed by atoms with Crippen LogP contribution in [0.4, 0.5) is 4.79 Å². The molecule has 114 valence electrons. The predicted octanol–water partition coefficient (Wildman–Crippen LogP) is 0.156. The monoisotopic (exact) mass is 285 g/mol. The summed E-state index contributed by atoms with van der Waals surface area (Å²) in [5, 5.41) is 0. The molecule has 20 heavy (non-hydrogen) atoms. The molecule has 1 aliphatic heterocycles. The van der Waals surface area contributed by atoms with E-state index < -0.39 is 11.8 Å². The Bertz CT molecular complexity index is 361. The summed E-state index contributed by atoms with van der Waals surface area (Å²) in [4.78, 5) is 40.1. The van der Waals surface area contributed by atoms with Crippen LogP contribution in [0, 0.1) is 0 Å². The van der Waals surface area contributed by atoms with Gasteiger partial charge in [-0.1, -0.05) is 0 Å². The number of hydrogen-bond acceptors (Lipinski definition) is 4. The molecule has 0 spiro atoms. The molecule has 0 bridgehead atoms. The maximum Gasteiger partial charge on any atom is 0.409 e. The van der Waals surface area contributed by atoms with Gasteiger partial charge in [0.1, 0.15) is 0 Å². The fourth-order valence-electron chi connectivity index (χ4n) is 2.09. The maximum absolute atomic E-state index is 12.1. The molecule has 0 aromatic heterocycles. The minimum Gasteiger partial charge on any atom is -0.450 e. The van der Waals surface area contributed by atoms with Crippen LogP contribution in [0.3, 0.4) is 0 Å². The van der Waals surface area contributed by atoms with Crippen LogP contribution >= 0.6 is 0 Å². The number of likely N-dealkylation sites (N-methyl/N-ethyl adjacent to an activating group) is 1. The fraction of sp³-hybridized carbons (Fsp3) is 0.769. The van der Waals surface area contributed by atoms with Crippen LogP contribution < -0.4 is 0 Å². The molecule has 0 radical (unpaired) electrons. The highest BCUT2D eigenvalue weighted by molar-refractivity contribution is 6.34. The Labute approximate surface area is 119 Å². The van der Waals surface area contributed by atoms with Gasteiger partial charge in [-0.05, 0) is 20.8 Å². The van der Waals surface area contributed by atoms with Gasteiger partial charge in [0, 0.05) is 39.3 Å². The summed E-state index contributed by atoms with van der Waals surface area (Å²) >= 11 is 0. The molecular weight excluding hydrogens is 262 g/mol. The van der Waals surface area contributed by atoms with Crippen molar-refractivity contribution in [1.29, 1.82) is 0 Å². The van der Waals surface area contributed by atoms with Crippen LogP contribution in [0.25, 0.3) is 0 Å². The lowest BCUT2D eigenvalue weighted by atomic mass is 10.3. The second kappa shape index (κ2) is 7.72. The largest absolute Gasteiger partial charge is 0.450 e. The number of carbonyl (C=O) groups is 3. The molecule has 1 rings (SSSR count). The second-order valence-corrected chi connectivity index (χ2v) is 4.46. The van der Waals surface area contributed by atoms with Gasteiger partial charge < -0.3 is 19.4 Å². The smallest absolute Gasteiger partial charge is 0.409 e. The molecule has 1 saturated heterocycles. The quantitative estimate of drug-likeness (QED) is 0.692. The zero-order chi connectivity index (χ0) is 15.1. The topological polar surface area (TPSA) is 70.2 Å². The van der Waals surface area contributed by atoms with E-state index in [1.54, 1.807) is 11.8 Å². The van der Waals surface area contributed by atoms with Crippen molar-refractivity contribution in [3.05, 3.63) is 0 Å². The number of amides is 3. The van der Waals surface area contributed by atoms with E-state index in [0.29, 0.717) is 45.9 Å². The molecule has 1 fully saturated rings. The molecule has 0 N–H and O–H groups in total. The van der Waals surface area contributed by atoms with Crippen molar-refractivity contribution < 1.29 is 19.1 Å². The lowest BCUT2D eigenvalue weighted by molar-refractivity contribution is -0.152. The number of carbonyl (C=O) groups excluding carboxylic acids is 3. The van der Waals surface area contributed by atoms with Crippen molar-refractivity contribution in [1.82, 2.24) is 14.7 Å². The van der Waals surface area contributed by atoms with Crippen molar-refractivity contribution in [3.8, 4) is 0 Å². The van der Waals surface area contributed by atoms with E-state index in [1.807, 2.05) is 13.8 Å². The third kappa shape index (κ3) is 3.85. The highest BCUT2D eigenvalue weighted by Gasteiger charge is 2.30. The van der Waals surface area contributed by atoms with Crippen molar-refractivity contribution in [2.75, 3.05) is 45.9 Å². The van der Waals surface area contributed by atoms with Gasteiger partial charge in [0.15, 0.2) is 0 Å². The predicted molar refractivity (Wildman–Crippen MR) is 73.1 cm³/mol. The summed E-state index contributed by atoms with van der Waals surface area (Å²) in [7, 11) is 0. The second-order valence-electron chi connectivity index (χ2n) is 4.46. The third-order valence-electron chi connectivity index (χ3n) is 3.33. The fourth-order valence-corrected chi connectivity index (χ4v) is 2.09. The lowest BCUT2D eigenvalue weighted by Crippen LogP contribution is -2.54. The van der Waals surface area contributed by atoms with E-state index in [-0.39, 0.29) is 6.09 Å². The SMILES string of the molecule is CCOC(=O)N1CCN(C(=O)C(=O)N(CC)CC)CC1.